The molecule has 15 heavy (non-hydrogen) atoms. The van der Waals surface area contributed by atoms with Gasteiger partial charge in [0.2, 0.25) is 0 Å². The second kappa shape index (κ2) is 4.62. The van der Waals surface area contributed by atoms with Crippen LogP contribution in [-0.4, -0.2) is 43.5 Å². The van der Waals surface area contributed by atoms with Crippen molar-refractivity contribution in [3.8, 4) is 0 Å². The summed E-state index contributed by atoms with van der Waals surface area (Å²) in [5, 5.41) is 0. The molecule has 3 heteroatoms. The van der Waals surface area contributed by atoms with Crippen molar-refractivity contribution < 1.29 is 9.53 Å². The summed E-state index contributed by atoms with van der Waals surface area (Å²) in [6.07, 6.45) is 4.65. The molecule has 1 aliphatic carbocycles. The lowest BCUT2D eigenvalue weighted by Crippen LogP contribution is -2.45. The van der Waals surface area contributed by atoms with E-state index in [4.69, 9.17) is 4.74 Å². The van der Waals surface area contributed by atoms with E-state index in [9.17, 15) is 4.79 Å². The van der Waals surface area contributed by atoms with Gasteiger partial charge in [-0.05, 0) is 19.8 Å². The summed E-state index contributed by atoms with van der Waals surface area (Å²) in [6.45, 7) is 6.38. The smallest absolute Gasteiger partial charge is 0.137 e. The van der Waals surface area contributed by atoms with Crippen LogP contribution in [0.5, 0.6) is 0 Å². The lowest BCUT2D eigenvalue weighted by atomic mass is 9.81. The van der Waals surface area contributed by atoms with E-state index in [1.54, 1.807) is 6.92 Å². The standard InChI is InChI=1S/C12H21NO2/c1-11(14)12(4-2-3-5-12)10-13-6-8-15-9-7-13/h2-10H2,1H3. The summed E-state index contributed by atoms with van der Waals surface area (Å²) in [6, 6.07) is 0. The molecule has 86 valence electrons. The van der Waals surface area contributed by atoms with Crippen LogP contribution in [0.2, 0.25) is 0 Å². The van der Waals surface area contributed by atoms with E-state index < -0.39 is 0 Å². The highest BCUT2D eigenvalue weighted by atomic mass is 16.5. The van der Waals surface area contributed by atoms with E-state index in [1.807, 2.05) is 0 Å². The summed E-state index contributed by atoms with van der Waals surface area (Å²) in [7, 11) is 0. The molecule has 0 radical (unpaired) electrons. The normalized spacial score (nSPS) is 26.7. The van der Waals surface area contributed by atoms with Crippen molar-refractivity contribution in [2.24, 2.45) is 5.41 Å². The molecule has 0 amide bonds. The molecule has 0 spiro atoms. The first kappa shape index (κ1) is 11.1. The third kappa shape index (κ3) is 2.40. The molecular formula is C12H21NO2. The molecule has 0 N–H and O–H groups in total. The molecule has 2 fully saturated rings. The Hall–Kier alpha value is -0.410. The fourth-order valence-corrected chi connectivity index (χ4v) is 2.86. The average molecular weight is 211 g/mol. The maximum Gasteiger partial charge on any atom is 0.137 e. The third-order valence-corrected chi connectivity index (χ3v) is 3.94. The summed E-state index contributed by atoms with van der Waals surface area (Å²) in [4.78, 5) is 14.2. The first-order valence-electron chi connectivity index (χ1n) is 6.04. The Morgan fingerprint density at radius 3 is 2.40 bits per heavy atom. The maximum absolute atomic E-state index is 11.8. The molecule has 0 bridgehead atoms. The zero-order chi connectivity index (χ0) is 10.7. The third-order valence-electron chi connectivity index (χ3n) is 3.94. The Morgan fingerprint density at radius 1 is 1.27 bits per heavy atom. The summed E-state index contributed by atoms with van der Waals surface area (Å²) >= 11 is 0. The van der Waals surface area contributed by atoms with Crippen LogP contribution >= 0.6 is 0 Å². The Morgan fingerprint density at radius 2 is 1.87 bits per heavy atom. The van der Waals surface area contributed by atoms with Gasteiger partial charge in [0.05, 0.1) is 13.2 Å². The van der Waals surface area contributed by atoms with E-state index in [1.165, 1.54) is 12.8 Å². The van der Waals surface area contributed by atoms with Crippen LogP contribution in [-0.2, 0) is 9.53 Å². The van der Waals surface area contributed by atoms with Gasteiger partial charge in [0.1, 0.15) is 5.78 Å². The van der Waals surface area contributed by atoms with Gasteiger partial charge in [0.25, 0.3) is 0 Å². The molecule has 1 aliphatic heterocycles. The van der Waals surface area contributed by atoms with Crippen molar-refractivity contribution in [2.45, 2.75) is 32.6 Å². The monoisotopic (exact) mass is 211 g/mol. The van der Waals surface area contributed by atoms with Gasteiger partial charge in [-0.2, -0.15) is 0 Å². The molecule has 0 atom stereocenters. The minimum absolute atomic E-state index is 0.0165. The minimum atomic E-state index is -0.0165. The van der Waals surface area contributed by atoms with Crippen molar-refractivity contribution in [2.75, 3.05) is 32.8 Å². The van der Waals surface area contributed by atoms with E-state index in [2.05, 4.69) is 4.90 Å². The van der Waals surface area contributed by atoms with E-state index >= 15 is 0 Å². The van der Waals surface area contributed by atoms with Crippen molar-refractivity contribution in [1.29, 1.82) is 0 Å². The quantitative estimate of drug-likeness (QED) is 0.708. The Kier molecular flexibility index (Phi) is 3.42. The van der Waals surface area contributed by atoms with Crippen LogP contribution in [0, 0.1) is 5.41 Å². The highest BCUT2D eigenvalue weighted by Gasteiger charge is 2.39. The summed E-state index contributed by atoms with van der Waals surface area (Å²) in [5.74, 6) is 0.395. The Bertz CT molecular complexity index is 228. The van der Waals surface area contributed by atoms with Gasteiger partial charge in [0, 0.05) is 25.0 Å². The topological polar surface area (TPSA) is 29.5 Å². The van der Waals surface area contributed by atoms with Crippen molar-refractivity contribution >= 4 is 5.78 Å². The number of hydrogen-bond acceptors (Lipinski definition) is 3. The number of morpholine rings is 1. The molecule has 2 aliphatic rings. The zero-order valence-corrected chi connectivity index (χ0v) is 9.63. The largest absolute Gasteiger partial charge is 0.379 e. The summed E-state index contributed by atoms with van der Waals surface area (Å²) < 4.78 is 5.33. The van der Waals surface area contributed by atoms with Gasteiger partial charge >= 0.3 is 0 Å². The van der Waals surface area contributed by atoms with Crippen molar-refractivity contribution in [3.63, 3.8) is 0 Å². The van der Waals surface area contributed by atoms with Gasteiger partial charge in [-0.25, -0.2) is 0 Å². The van der Waals surface area contributed by atoms with Gasteiger partial charge in [-0.1, -0.05) is 12.8 Å². The molecule has 1 saturated heterocycles. The highest BCUT2D eigenvalue weighted by molar-refractivity contribution is 5.82. The lowest BCUT2D eigenvalue weighted by molar-refractivity contribution is -0.128. The number of carbonyl (C=O) groups is 1. The van der Waals surface area contributed by atoms with E-state index in [0.717, 1.165) is 45.7 Å². The fraction of sp³-hybridized carbons (Fsp3) is 0.917. The number of ketones is 1. The van der Waals surface area contributed by atoms with Crippen LogP contribution in [0.4, 0.5) is 0 Å². The van der Waals surface area contributed by atoms with Gasteiger partial charge < -0.3 is 4.74 Å². The first-order valence-corrected chi connectivity index (χ1v) is 6.04. The van der Waals surface area contributed by atoms with Gasteiger partial charge in [-0.3, -0.25) is 9.69 Å². The predicted molar refractivity (Wildman–Crippen MR) is 58.8 cm³/mol. The number of rotatable bonds is 3. The van der Waals surface area contributed by atoms with Crippen LogP contribution in [0.1, 0.15) is 32.6 Å². The molecule has 2 rings (SSSR count). The maximum atomic E-state index is 11.8. The van der Waals surface area contributed by atoms with Crippen LogP contribution in [0.25, 0.3) is 0 Å². The van der Waals surface area contributed by atoms with Crippen LogP contribution in [0.3, 0.4) is 0 Å². The van der Waals surface area contributed by atoms with Crippen LogP contribution in [0.15, 0.2) is 0 Å². The molecule has 1 saturated carbocycles. The molecule has 0 aromatic carbocycles. The van der Waals surface area contributed by atoms with Gasteiger partial charge in [-0.15, -0.1) is 0 Å². The van der Waals surface area contributed by atoms with Crippen LogP contribution < -0.4 is 0 Å². The number of nitrogens with zero attached hydrogens (tertiary/aromatic N) is 1. The van der Waals surface area contributed by atoms with E-state index in [-0.39, 0.29) is 5.41 Å². The van der Waals surface area contributed by atoms with E-state index in [0.29, 0.717) is 5.78 Å². The predicted octanol–water partition coefficient (Wildman–Crippen LogP) is 1.47. The lowest BCUT2D eigenvalue weighted by Gasteiger charge is -2.35. The number of Topliss-reactive ketones (excluding diaryl/α,β-unsaturated/α-hetero) is 1. The van der Waals surface area contributed by atoms with Crippen molar-refractivity contribution in [3.05, 3.63) is 0 Å². The Labute approximate surface area is 91.8 Å². The number of ether oxygens (including phenoxy) is 1. The van der Waals surface area contributed by atoms with Crippen molar-refractivity contribution in [1.82, 2.24) is 4.90 Å². The first-order chi connectivity index (χ1) is 7.23. The zero-order valence-electron chi connectivity index (χ0n) is 9.63. The molecule has 0 unspecified atom stereocenters. The highest BCUT2D eigenvalue weighted by Crippen LogP contribution is 2.39. The molecule has 3 nitrogen and oxygen atoms in total. The summed E-state index contributed by atoms with van der Waals surface area (Å²) in [5.41, 5.74) is -0.0165. The number of hydrogen-bond donors (Lipinski definition) is 0. The van der Waals surface area contributed by atoms with Gasteiger partial charge in [0.15, 0.2) is 0 Å². The molecule has 1 heterocycles. The average Bonchev–Trinajstić information content (AvgIpc) is 2.69. The fourth-order valence-electron chi connectivity index (χ4n) is 2.86. The molecule has 0 aromatic heterocycles. The molecular weight excluding hydrogens is 190 g/mol. The SMILES string of the molecule is CC(=O)C1(CN2CCOCC2)CCCC1. The Balaban J connectivity index is 1.96. The minimum Gasteiger partial charge on any atom is -0.379 e. The second-order valence-electron chi connectivity index (χ2n) is 4.93. The number of carbonyl (C=O) groups excluding carboxylic acids is 1. The second-order valence-corrected chi connectivity index (χ2v) is 4.93. The molecule has 0 aromatic rings.